The van der Waals surface area contributed by atoms with E-state index in [4.69, 9.17) is 61.4 Å². The van der Waals surface area contributed by atoms with E-state index in [0.29, 0.717) is 0 Å². The maximum Gasteiger partial charge on any atom is 0.326 e. The fourth-order valence-electron chi connectivity index (χ4n) is 8.75. The van der Waals surface area contributed by atoms with E-state index in [-0.39, 0.29) is 133 Å². The molecule has 32 N–H and O–H groups in total. The Kier molecular flexibility index (Phi) is 38.6. The number of hydrogen-bond acceptors (Lipinski definition) is 16. The summed E-state index contributed by atoms with van der Waals surface area (Å²) in [6.45, 7) is 17.0. The molecule has 0 fully saturated rings. The molecule has 0 saturated carbocycles. The lowest BCUT2D eigenvalue weighted by atomic mass is 9.98. The SMILES string of the molecule is CC(C)[C@H](N)C(=O)N[C@@H](CCCNC(=N)N)C(=O)N[C@H](C(=O)N[C@H](C(=O)N[C@@H](CCCNC(=N)N)C(=O)N[C@@H](CCCNC(=N)N)C(=O)N[C@H](C(=O)N[C@H](C(=O)N[C@@H](CCCNC(=N)N)C(=O)N[C@@H](CCCNC(=N)N)C(=O)O)C(C)C)C(C)C)C(C)C)C(C)C. The largest absolute Gasteiger partial charge is 0.480 e. The van der Waals surface area contributed by atoms with Crippen molar-refractivity contribution >= 4 is 88.9 Å². The van der Waals surface area contributed by atoms with Crippen molar-refractivity contribution in [3.05, 3.63) is 0 Å². The Labute approximate surface area is 532 Å². The minimum atomic E-state index is -1.44. The van der Waals surface area contributed by atoms with Crippen LogP contribution in [0.3, 0.4) is 0 Å². The van der Waals surface area contributed by atoms with Crippen molar-refractivity contribution in [3.63, 3.8) is 0 Å². The molecular weight excluding hydrogens is 1190 g/mol. The Balaban J connectivity index is 7.03. The van der Waals surface area contributed by atoms with E-state index in [1.807, 2.05) is 0 Å². The zero-order valence-corrected chi connectivity index (χ0v) is 54.3. The smallest absolute Gasteiger partial charge is 0.326 e. The van der Waals surface area contributed by atoms with E-state index in [9.17, 15) is 53.1 Å². The number of carbonyl (C=O) groups excluding carboxylic acids is 9. The average molecular weight is 1290 g/mol. The Morgan fingerprint density at radius 2 is 0.484 bits per heavy atom. The molecule has 10 atom stereocenters. The van der Waals surface area contributed by atoms with Gasteiger partial charge in [-0.3, -0.25) is 70.2 Å². The number of amides is 9. The minimum Gasteiger partial charge on any atom is -0.480 e. The molecule has 0 aliphatic heterocycles. The predicted octanol–water partition coefficient (Wildman–Crippen LogP) is -5.64. The molecule has 0 aromatic carbocycles. The Bertz CT molecular complexity index is 2460. The molecule has 0 unspecified atom stereocenters. The molecule has 0 aromatic heterocycles. The maximum atomic E-state index is 14.5. The second-order valence-electron chi connectivity index (χ2n) is 23.7. The molecule has 0 aliphatic carbocycles. The molecular formula is C55H107N25O11. The highest BCUT2D eigenvalue weighted by atomic mass is 16.4. The average Bonchev–Trinajstić information content (AvgIpc) is 2.23. The molecule has 36 nitrogen and oxygen atoms in total. The lowest BCUT2D eigenvalue weighted by molar-refractivity contribution is -0.142. The van der Waals surface area contributed by atoms with Crippen LogP contribution in [0.1, 0.15) is 133 Å². The van der Waals surface area contributed by atoms with Gasteiger partial charge in [0.15, 0.2) is 29.8 Å². The number of rotatable bonds is 44. The molecule has 0 bridgehead atoms. The van der Waals surface area contributed by atoms with Crippen LogP contribution >= 0.6 is 0 Å². The summed E-state index contributed by atoms with van der Waals surface area (Å²) in [4.78, 5) is 139. The van der Waals surface area contributed by atoms with Gasteiger partial charge in [-0.25, -0.2) is 4.79 Å². The van der Waals surface area contributed by atoms with Gasteiger partial charge in [-0.15, -0.1) is 0 Å². The molecule has 0 aliphatic rings. The van der Waals surface area contributed by atoms with Gasteiger partial charge in [0, 0.05) is 32.7 Å². The first-order chi connectivity index (χ1) is 42.4. The molecule has 36 heteroatoms. The Hall–Kier alpha value is -8.99. The highest BCUT2D eigenvalue weighted by Crippen LogP contribution is 2.14. The van der Waals surface area contributed by atoms with Crippen molar-refractivity contribution in [2.45, 2.75) is 194 Å². The van der Waals surface area contributed by atoms with E-state index in [1.54, 1.807) is 69.2 Å². The topological polar surface area (TPSA) is 635 Å². The van der Waals surface area contributed by atoms with Gasteiger partial charge in [0.05, 0.1) is 6.04 Å². The number of nitrogens with two attached hydrogens (primary N) is 6. The van der Waals surface area contributed by atoms with E-state index in [1.165, 1.54) is 0 Å². The number of guanidine groups is 5. The Morgan fingerprint density at radius 1 is 0.297 bits per heavy atom. The summed E-state index contributed by atoms with van der Waals surface area (Å²) in [5.74, 6) is -13.2. The van der Waals surface area contributed by atoms with Crippen molar-refractivity contribution < 1.29 is 53.1 Å². The van der Waals surface area contributed by atoms with Crippen LogP contribution in [0.4, 0.5) is 0 Å². The molecule has 9 amide bonds. The molecule has 518 valence electrons. The number of nitrogens with one attached hydrogen (secondary N) is 19. The first kappa shape index (κ1) is 82.0. The molecule has 0 spiro atoms. The minimum absolute atomic E-state index is 0.0563. The van der Waals surface area contributed by atoms with Crippen LogP contribution in [0.15, 0.2) is 0 Å². The summed E-state index contributed by atoms with van der Waals surface area (Å²) >= 11 is 0. The van der Waals surface area contributed by atoms with Gasteiger partial charge < -0.3 is 114 Å². The third-order valence-electron chi connectivity index (χ3n) is 14.1. The fraction of sp³-hybridized carbons (Fsp3) is 0.727. The van der Waals surface area contributed by atoms with Crippen LogP contribution in [0.5, 0.6) is 0 Å². The van der Waals surface area contributed by atoms with Gasteiger partial charge >= 0.3 is 5.97 Å². The predicted molar refractivity (Wildman–Crippen MR) is 343 cm³/mol. The number of carboxylic acid groups (broad SMARTS) is 1. The molecule has 0 rings (SSSR count). The van der Waals surface area contributed by atoms with Gasteiger partial charge in [-0.2, -0.15) is 0 Å². The van der Waals surface area contributed by atoms with Crippen molar-refractivity contribution in [3.8, 4) is 0 Å². The van der Waals surface area contributed by atoms with Crippen LogP contribution in [0.2, 0.25) is 0 Å². The van der Waals surface area contributed by atoms with E-state index >= 15 is 0 Å². The van der Waals surface area contributed by atoms with Crippen LogP contribution in [-0.2, 0) is 47.9 Å². The normalized spacial score (nSPS) is 14.4. The maximum absolute atomic E-state index is 14.5. The third kappa shape index (κ3) is 34.0. The van der Waals surface area contributed by atoms with Crippen LogP contribution < -0.4 is 109 Å². The second kappa shape index (κ2) is 42.9. The standard InChI is InChI=1S/C55H107N25O11/c1-26(2)36(56)45(85)73-34(19-14-24-70-54(63)64)44(84)78-40(30(9)10)49(89)79-37(27(3)4)46(86)74-31(16-11-21-67-51(57)58)41(81)72-33(18-13-23-69-53(61)62)43(83)77-39(29(7)8)48(88)80-38(28(5)6)47(87)75-32(17-12-22-68-52(59)60)42(82)76-35(50(90)91)20-15-25-71-55(65)66/h26-40H,11-25,56H2,1-10H3,(H,72,81)(H,73,85)(H,74,86)(H,75,87)(H,76,82)(H,77,83)(H,78,84)(H,79,89)(H,80,88)(H,90,91)(H4,57,58,67)(H4,59,60,68)(H4,61,62,69)(H4,63,64,70)(H4,65,66,71)/t31-,32-,33-,34-,35-,36-,37-,38-,39-,40-/m0/s1. The summed E-state index contributed by atoms with van der Waals surface area (Å²) in [5, 5.41) is 84.2. The molecule has 0 saturated heterocycles. The van der Waals surface area contributed by atoms with Gasteiger partial charge in [0.1, 0.15) is 54.4 Å². The zero-order valence-electron chi connectivity index (χ0n) is 54.3. The number of hydrogen-bond donors (Lipinski definition) is 26. The number of carbonyl (C=O) groups is 10. The summed E-state index contributed by atoms with van der Waals surface area (Å²) in [6, 6.07) is -13.1. The first-order valence-corrected chi connectivity index (χ1v) is 30.5. The van der Waals surface area contributed by atoms with E-state index < -0.39 is 143 Å². The zero-order chi connectivity index (χ0) is 69.8. The quantitative estimate of drug-likeness (QED) is 0.0154. The summed E-state index contributed by atoms with van der Waals surface area (Å²) in [5.41, 5.74) is 33.2. The molecule has 0 radical (unpaired) electrons. The van der Waals surface area contributed by atoms with Crippen molar-refractivity contribution in [1.82, 2.24) is 74.4 Å². The van der Waals surface area contributed by atoms with Gasteiger partial charge in [-0.05, 0) is 93.8 Å². The van der Waals surface area contributed by atoms with Crippen molar-refractivity contribution in [2.75, 3.05) is 32.7 Å². The van der Waals surface area contributed by atoms with Gasteiger partial charge in [-0.1, -0.05) is 69.2 Å². The van der Waals surface area contributed by atoms with Gasteiger partial charge in [0.25, 0.3) is 0 Å². The van der Waals surface area contributed by atoms with Crippen LogP contribution in [-0.4, -0.2) is 187 Å². The summed E-state index contributed by atoms with van der Waals surface area (Å²) in [7, 11) is 0. The Morgan fingerprint density at radius 3 is 0.703 bits per heavy atom. The monoisotopic (exact) mass is 1290 g/mol. The number of carboxylic acids is 1. The highest BCUT2D eigenvalue weighted by Gasteiger charge is 2.38. The lowest BCUT2D eigenvalue weighted by Crippen LogP contribution is -2.62. The van der Waals surface area contributed by atoms with Crippen molar-refractivity contribution in [2.24, 2.45) is 64.0 Å². The van der Waals surface area contributed by atoms with Crippen LogP contribution in [0.25, 0.3) is 0 Å². The molecule has 91 heavy (non-hydrogen) atoms. The van der Waals surface area contributed by atoms with E-state index in [2.05, 4.69) is 74.4 Å². The fourth-order valence-corrected chi connectivity index (χ4v) is 8.75. The summed E-state index contributed by atoms with van der Waals surface area (Å²) < 4.78 is 0. The number of aliphatic carboxylic acids is 1. The van der Waals surface area contributed by atoms with E-state index in [0.717, 1.165) is 0 Å². The third-order valence-corrected chi connectivity index (χ3v) is 14.1. The van der Waals surface area contributed by atoms with Gasteiger partial charge in [0.2, 0.25) is 53.2 Å². The first-order valence-electron chi connectivity index (χ1n) is 30.5. The lowest BCUT2D eigenvalue weighted by Gasteiger charge is -2.31. The molecule has 0 aromatic rings. The molecule has 0 heterocycles. The van der Waals surface area contributed by atoms with Crippen LogP contribution in [0, 0.1) is 56.6 Å². The second-order valence-corrected chi connectivity index (χ2v) is 23.7. The summed E-state index contributed by atoms with van der Waals surface area (Å²) in [6.07, 6.45) is 0.514. The highest BCUT2D eigenvalue weighted by molar-refractivity contribution is 5.99. The van der Waals surface area contributed by atoms with Crippen molar-refractivity contribution in [1.29, 1.82) is 27.0 Å².